The van der Waals surface area contributed by atoms with Crippen molar-refractivity contribution in [3.05, 3.63) is 69.5 Å². The molecule has 6 heteroatoms. The standard InChI is InChI=1S/C14H9FN2O2S/c15-9-6-7-12-11(8-9)13(18)17(14(16-12)20-19)10-4-2-1-3-5-10/h1-8,16H. The molecular weight excluding hydrogens is 279 g/mol. The molecule has 4 nitrogen and oxygen atoms in total. The molecular formula is C14H9FN2O2S. The second-order valence-corrected chi connectivity index (χ2v) is 4.73. The molecule has 1 aromatic heterocycles. The normalized spacial score (nSPS) is 10.7. The van der Waals surface area contributed by atoms with Crippen LogP contribution in [-0.4, -0.2) is 13.8 Å². The highest BCUT2D eigenvalue weighted by molar-refractivity contribution is 7.56. The summed E-state index contributed by atoms with van der Waals surface area (Å²) >= 11 is 0.187. The zero-order chi connectivity index (χ0) is 14.1. The Labute approximate surface area is 116 Å². The van der Waals surface area contributed by atoms with Gasteiger partial charge in [0.2, 0.25) is 4.77 Å². The lowest BCUT2D eigenvalue weighted by atomic mass is 10.2. The van der Waals surface area contributed by atoms with Crippen LogP contribution in [0.25, 0.3) is 16.6 Å². The Morgan fingerprint density at radius 1 is 1.10 bits per heavy atom. The molecule has 2 aromatic carbocycles. The first-order valence-electron chi connectivity index (χ1n) is 5.83. The molecule has 0 unspecified atom stereocenters. The van der Waals surface area contributed by atoms with E-state index in [1.807, 2.05) is 6.07 Å². The van der Waals surface area contributed by atoms with Crippen LogP contribution in [0.3, 0.4) is 0 Å². The number of H-pyrrole nitrogens is 1. The van der Waals surface area contributed by atoms with Crippen molar-refractivity contribution >= 4 is 22.2 Å². The van der Waals surface area contributed by atoms with Crippen LogP contribution in [0.4, 0.5) is 4.39 Å². The Morgan fingerprint density at radius 2 is 1.85 bits per heavy atom. The average molecular weight is 288 g/mol. The second kappa shape index (κ2) is 4.90. The smallest absolute Gasteiger partial charge is 0.266 e. The highest BCUT2D eigenvalue weighted by Crippen LogP contribution is 2.11. The maximum atomic E-state index is 13.3. The summed E-state index contributed by atoms with van der Waals surface area (Å²) in [6.45, 7) is 0. The van der Waals surface area contributed by atoms with E-state index in [4.69, 9.17) is 0 Å². The van der Waals surface area contributed by atoms with E-state index in [9.17, 15) is 13.4 Å². The van der Waals surface area contributed by atoms with E-state index in [1.54, 1.807) is 24.3 Å². The van der Waals surface area contributed by atoms with E-state index in [0.717, 1.165) is 6.07 Å². The van der Waals surface area contributed by atoms with Gasteiger partial charge >= 0.3 is 0 Å². The maximum Gasteiger partial charge on any atom is 0.266 e. The largest absolute Gasteiger partial charge is 0.329 e. The average Bonchev–Trinajstić information content (AvgIpc) is 2.48. The minimum Gasteiger partial charge on any atom is -0.329 e. The van der Waals surface area contributed by atoms with Crippen LogP contribution in [0, 0.1) is 10.6 Å². The van der Waals surface area contributed by atoms with Gasteiger partial charge in [0.1, 0.15) is 17.1 Å². The van der Waals surface area contributed by atoms with Crippen LogP contribution < -0.4 is 5.56 Å². The van der Waals surface area contributed by atoms with Gasteiger partial charge in [-0.05, 0) is 30.3 Å². The van der Waals surface area contributed by atoms with Gasteiger partial charge in [-0.25, -0.2) is 8.60 Å². The third-order valence-electron chi connectivity index (χ3n) is 2.95. The number of aromatic amines is 1. The van der Waals surface area contributed by atoms with Gasteiger partial charge in [0, 0.05) is 0 Å². The lowest BCUT2D eigenvalue weighted by molar-refractivity contribution is 0.629. The van der Waals surface area contributed by atoms with Crippen LogP contribution >= 0.6 is 0 Å². The number of fused-ring (bicyclic) bond motifs is 1. The van der Waals surface area contributed by atoms with Crippen molar-refractivity contribution in [2.75, 3.05) is 0 Å². The summed E-state index contributed by atoms with van der Waals surface area (Å²) in [6, 6.07) is 12.6. The maximum absolute atomic E-state index is 13.3. The van der Waals surface area contributed by atoms with Gasteiger partial charge in [-0.15, -0.1) is 0 Å². The Balaban J connectivity index is 2.52. The third-order valence-corrected chi connectivity index (χ3v) is 3.40. The number of aromatic nitrogens is 2. The lowest BCUT2D eigenvalue weighted by Crippen LogP contribution is -2.21. The van der Waals surface area contributed by atoms with Crippen molar-refractivity contribution in [2.24, 2.45) is 0 Å². The van der Waals surface area contributed by atoms with Crippen molar-refractivity contribution in [1.82, 2.24) is 9.55 Å². The molecule has 0 fully saturated rings. The first-order valence-corrected chi connectivity index (χ1v) is 6.58. The molecule has 0 amide bonds. The van der Waals surface area contributed by atoms with Crippen LogP contribution in [0.1, 0.15) is 0 Å². The van der Waals surface area contributed by atoms with Gasteiger partial charge in [0.05, 0.1) is 16.6 Å². The van der Waals surface area contributed by atoms with Gasteiger partial charge in [-0.3, -0.25) is 9.36 Å². The monoisotopic (exact) mass is 288 g/mol. The van der Waals surface area contributed by atoms with Gasteiger partial charge in [-0.1, -0.05) is 18.2 Å². The molecule has 0 aliphatic rings. The molecule has 0 aliphatic heterocycles. The number of hydrogen-bond acceptors (Lipinski definition) is 2. The molecule has 0 radical (unpaired) electrons. The van der Waals surface area contributed by atoms with E-state index in [1.165, 1.54) is 16.7 Å². The van der Waals surface area contributed by atoms with Crippen LogP contribution in [0.15, 0.2) is 53.3 Å². The minimum atomic E-state index is -0.495. The highest BCUT2D eigenvalue weighted by Gasteiger charge is 2.08. The number of benzene rings is 2. The first-order chi connectivity index (χ1) is 9.70. The number of rotatable bonds is 1. The van der Waals surface area contributed by atoms with Crippen molar-refractivity contribution in [3.8, 4) is 5.69 Å². The molecule has 0 bridgehead atoms. The Morgan fingerprint density at radius 3 is 2.55 bits per heavy atom. The van der Waals surface area contributed by atoms with Crippen LogP contribution in [0.2, 0.25) is 0 Å². The number of hydrogen-bond donors (Lipinski definition) is 1. The number of nitrogens with one attached hydrogen (secondary N) is 1. The van der Waals surface area contributed by atoms with Crippen molar-refractivity contribution in [1.29, 1.82) is 0 Å². The number of para-hydroxylation sites is 1. The van der Waals surface area contributed by atoms with Gasteiger partial charge in [0.25, 0.3) is 5.56 Å². The molecule has 1 heterocycles. The number of nitrogens with zero attached hydrogens (tertiary/aromatic N) is 1. The minimum absolute atomic E-state index is 0.153. The second-order valence-electron chi connectivity index (χ2n) is 4.18. The molecule has 3 rings (SSSR count). The van der Waals surface area contributed by atoms with E-state index in [2.05, 4.69) is 4.98 Å². The summed E-state index contributed by atoms with van der Waals surface area (Å²) in [4.78, 5) is 15.3. The molecule has 0 atom stereocenters. The van der Waals surface area contributed by atoms with Gasteiger partial charge in [-0.2, -0.15) is 0 Å². The van der Waals surface area contributed by atoms with Crippen LogP contribution in [-0.2, 0) is 11.3 Å². The molecule has 100 valence electrons. The summed E-state index contributed by atoms with van der Waals surface area (Å²) in [7, 11) is 0. The summed E-state index contributed by atoms with van der Waals surface area (Å²) in [5.74, 6) is -0.495. The van der Waals surface area contributed by atoms with E-state index in [0.29, 0.717) is 11.2 Å². The third kappa shape index (κ3) is 2.00. The Bertz CT molecular complexity index is 941. The highest BCUT2D eigenvalue weighted by atomic mass is 32.1. The van der Waals surface area contributed by atoms with Crippen LogP contribution in [0.5, 0.6) is 0 Å². The zero-order valence-electron chi connectivity index (χ0n) is 10.2. The molecule has 3 aromatic rings. The summed E-state index contributed by atoms with van der Waals surface area (Å²) in [5.41, 5.74) is 0.558. The van der Waals surface area contributed by atoms with Crippen molar-refractivity contribution < 1.29 is 8.60 Å². The molecule has 0 saturated carbocycles. The molecule has 0 saturated heterocycles. The summed E-state index contributed by atoms with van der Waals surface area (Å²) in [6.07, 6.45) is 0. The Kier molecular flexibility index (Phi) is 3.08. The van der Waals surface area contributed by atoms with Gasteiger partial charge < -0.3 is 4.98 Å². The van der Waals surface area contributed by atoms with Gasteiger partial charge in [0.15, 0.2) is 0 Å². The lowest BCUT2D eigenvalue weighted by Gasteiger charge is -2.07. The van der Waals surface area contributed by atoms with E-state index < -0.39 is 11.4 Å². The molecule has 0 aliphatic carbocycles. The quantitative estimate of drug-likeness (QED) is 0.698. The molecule has 20 heavy (non-hydrogen) atoms. The Hall–Kier alpha value is -2.47. The zero-order valence-corrected chi connectivity index (χ0v) is 11.0. The topological polar surface area (TPSA) is 54.9 Å². The van der Waals surface area contributed by atoms with E-state index in [-0.39, 0.29) is 21.4 Å². The predicted molar refractivity (Wildman–Crippen MR) is 75.2 cm³/mol. The van der Waals surface area contributed by atoms with E-state index >= 15 is 0 Å². The first kappa shape index (κ1) is 12.6. The van der Waals surface area contributed by atoms with Crippen molar-refractivity contribution in [2.45, 2.75) is 0 Å². The molecule has 0 spiro atoms. The number of halogens is 1. The summed E-state index contributed by atoms with van der Waals surface area (Å²) in [5, 5.41) is 0.201. The summed E-state index contributed by atoms with van der Waals surface area (Å²) < 4.78 is 25.9. The fraction of sp³-hybridized carbons (Fsp3) is 0. The van der Waals surface area contributed by atoms with Crippen molar-refractivity contribution in [3.63, 3.8) is 0 Å². The fourth-order valence-electron chi connectivity index (χ4n) is 2.06. The molecule has 1 N–H and O–H groups in total. The SMILES string of the molecule is O=S=c1[nH]c2ccc(F)cc2c(=O)n1-c1ccccc1. The predicted octanol–water partition coefficient (Wildman–Crippen LogP) is 2.20. The fourth-order valence-corrected chi connectivity index (χ4v) is 2.47.